The summed E-state index contributed by atoms with van der Waals surface area (Å²) in [6, 6.07) is 13.4. The quantitative estimate of drug-likeness (QED) is 0.771. The highest BCUT2D eigenvalue weighted by atomic mass is 35.5. The van der Waals surface area contributed by atoms with Gasteiger partial charge in [-0.05, 0) is 36.4 Å². The van der Waals surface area contributed by atoms with E-state index in [0.29, 0.717) is 23.1 Å². The second-order valence-electron chi connectivity index (χ2n) is 6.71. The summed E-state index contributed by atoms with van der Waals surface area (Å²) in [6.07, 6.45) is 0. The van der Waals surface area contributed by atoms with Crippen molar-refractivity contribution in [2.45, 2.75) is 6.54 Å². The number of morpholine rings is 1. The summed E-state index contributed by atoms with van der Waals surface area (Å²) in [7, 11) is 1.95. The minimum Gasteiger partial charge on any atom is -0.378 e. The van der Waals surface area contributed by atoms with Crippen LogP contribution in [0.5, 0.6) is 0 Å². The van der Waals surface area contributed by atoms with Gasteiger partial charge in [-0.15, -0.1) is 0 Å². The van der Waals surface area contributed by atoms with Crippen molar-refractivity contribution in [1.29, 1.82) is 0 Å². The number of ether oxygens (including phenoxy) is 1. The smallest absolute Gasteiger partial charge is 0.279 e. The Hall–Kier alpha value is -1.79. The highest BCUT2D eigenvalue weighted by molar-refractivity contribution is 6.35. The Labute approximate surface area is 169 Å². The van der Waals surface area contributed by atoms with Gasteiger partial charge >= 0.3 is 0 Å². The molecule has 1 atom stereocenters. The topological polar surface area (TPSA) is 46.0 Å². The van der Waals surface area contributed by atoms with Crippen LogP contribution in [0.1, 0.15) is 5.56 Å². The number of quaternary nitrogens is 1. The van der Waals surface area contributed by atoms with Crippen molar-refractivity contribution < 1.29 is 14.4 Å². The molecule has 0 radical (unpaired) electrons. The Morgan fingerprint density at radius 2 is 1.74 bits per heavy atom. The minimum atomic E-state index is -0.0465. The highest BCUT2D eigenvalue weighted by Gasteiger charge is 2.15. The average Bonchev–Trinajstić information content (AvgIpc) is 2.66. The van der Waals surface area contributed by atoms with Gasteiger partial charge in [-0.3, -0.25) is 4.79 Å². The van der Waals surface area contributed by atoms with E-state index in [1.807, 2.05) is 49.5 Å². The molecule has 0 saturated carbocycles. The zero-order valence-electron chi connectivity index (χ0n) is 15.3. The maximum Gasteiger partial charge on any atom is 0.279 e. The van der Waals surface area contributed by atoms with Crippen molar-refractivity contribution >= 4 is 40.5 Å². The summed E-state index contributed by atoms with van der Waals surface area (Å²) < 4.78 is 5.37. The minimum absolute atomic E-state index is 0.0465. The molecule has 0 aliphatic carbocycles. The molecule has 2 N–H and O–H groups in total. The van der Waals surface area contributed by atoms with Crippen LogP contribution in [0, 0.1) is 0 Å². The van der Waals surface area contributed by atoms with E-state index in [-0.39, 0.29) is 5.91 Å². The SMILES string of the molecule is C[NH+](CC(=O)Nc1ccc(N2CCOCC2)cc1)Cc1c(Cl)cccc1Cl. The van der Waals surface area contributed by atoms with E-state index < -0.39 is 0 Å². The van der Waals surface area contributed by atoms with Crippen LogP contribution in [0.15, 0.2) is 42.5 Å². The molecular weight excluding hydrogens is 385 g/mol. The fourth-order valence-electron chi connectivity index (χ4n) is 3.12. The normalized spacial score (nSPS) is 15.4. The zero-order valence-corrected chi connectivity index (χ0v) is 16.8. The lowest BCUT2D eigenvalue weighted by Crippen LogP contribution is -3.08. The number of likely N-dealkylation sites (N-methyl/N-ethyl adjacent to an activating group) is 1. The Morgan fingerprint density at radius 1 is 1.11 bits per heavy atom. The number of nitrogens with one attached hydrogen (secondary N) is 2. The first-order valence-corrected chi connectivity index (χ1v) is 9.75. The Balaban J connectivity index is 1.52. The molecular formula is C20H24Cl2N3O2+. The fourth-order valence-corrected chi connectivity index (χ4v) is 3.65. The molecule has 7 heteroatoms. The second-order valence-corrected chi connectivity index (χ2v) is 7.52. The molecule has 1 amide bonds. The number of halogens is 2. The van der Waals surface area contributed by atoms with Crippen LogP contribution in [-0.4, -0.2) is 45.8 Å². The number of hydrogen-bond donors (Lipinski definition) is 2. The molecule has 1 saturated heterocycles. The summed E-state index contributed by atoms with van der Waals surface area (Å²) in [6.45, 7) is 4.20. The van der Waals surface area contributed by atoms with Crippen LogP contribution in [-0.2, 0) is 16.1 Å². The van der Waals surface area contributed by atoms with Gasteiger partial charge in [0.1, 0.15) is 6.54 Å². The van der Waals surface area contributed by atoms with Gasteiger partial charge in [0.2, 0.25) is 0 Å². The number of benzene rings is 2. The van der Waals surface area contributed by atoms with Crippen LogP contribution in [0.2, 0.25) is 10.0 Å². The summed E-state index contributed by atoms with van der Waals surface area (Å²) in [5.41, 5.74) is 2.80. The summed E-state index contributed by atoms with van der Waals surface area (Å²) >= 11 is 12.4. The molecule has 1 aliphatic heterocycles. The molecule has 3 rings (SSSR count). The van der Waals surface area contributed by atoms with Crippen molar-refractivity contribution in [2.75, 3.05) is 50.1 Å². The van der Waals surface area contributed by atoms with E-state index >= 15 is 0 Å². The molecule has 5 nitrogen and oxygen atoms in total. The van der Waals surface area contributed by atoms with Gasteiger partial charge in [0.25, 0.3) is 5.91 Å². The van der Waals surface area contributed by atoms with Crippen LogP contribution in [0.4, 0.5) is 11.4 Å². The predicted molar refractivity (Wildman–Crippen MR) is 110 cm³/mol. The molecule has 1 unspecified atom stereocenters. The van der Waals surface area contributed by atoms with Gasteiger partial charge in [-0.1, -0.05) is 29.3 Å². The van der Waals surface area contributed by atoms with E-state index in [1.54, 1.807) is 0 Å². The van der Waals surface area contributed by atoms with Gasteiger partial charge in [0.15, 0.2) is 6.54 Å². The van der Waals surface area contributed by atoms with Crippen LogP contribution < -0.4 is 15.1 Å². The van der Waals surface area contributed by atoms with Gasteiger partial charge in [0.05, 0.1) is 30.3 Å². The maximum atomic E-state index is 12.3. The lowest BCUT2D eigenvalue weighted by atomic mass is 10.2. The zero-order chi connectivity index (χ0) is 19.2. The number of hydrogen-bond acceptors (Lipinski definition) is 3. The molecule has 0 bridgehead atoms. The summed E-state index contributed by atoms with van der Waals surface area (Å²) in [4.78, 5) is 15.6. The van der Waals surface area contributed by atoms with E-state index in [0.717, 1.165) is 48.1 Å². The van der Waals surface area contributed by atoms with Gasteiger partial charge in [0, 0.05) is 30.0 Å². The molecule has 0 aromatic heterocycles. The van der Waals surface area contributed by atoms with E-state index in [2.05, 4.69) is 10.2 Å². The largest absolute Gasteiger partial charge is 0.378 e. The third-order valence-corrected chi connectivity index (χ3v) is 5.24. The highest BCUT2D eigenvalue weighted by Crippen LogP contribution is 2.23. The summed E-state index contributed by atoms with van der Waals surface area (Å²) in [5.74, 6) is -0.0465. The van der Waals surface area contributed by atoms with Crippen molar-refractivity contribution in [3.63, 3.8) is 0 Å². The van der Waals surface area contributed by atoms with Crippen molar-refractivity contribution in [2.24, 2.45) is 0 Å². The third-order valence-electron chi connectivity index (χ3n) is 4.53. The molecule has 144 valence electrons. The number of carbonyl (C=O) groups excluding carboxylic acids is 1. The lowest BCUT2D eigenvalue weighted by Gasteiger charge is -2.28. The first-order valence-electron chi connectivity index (χ1n) is 9.00. The molecule has 1 heterocycles. The Kier molecular flexibility index (Phi) is 6.96. The Bertz CT molecular complexity index is 757. The average molecular weight is 409 g/mol. The number of anilines is 2. The third kappa shape index (κ3) is 5.59. The maximum absolute atomic E-state index is 12.3. The van der Waals surface area contributed by atoms with Crippen molar-refractivity contribution in [3.8, 4) is 0 Å². The lowest BCUT2D eigenvalue weighted by molar-refractivity contribution is -0.885. The standard InChI is InChI=1S/C20H23Cl2N3O2/c1-24(13-17-18(21)3-2-4-19(17)22)14-20(26)23-15-5-7-16(8-6-15)25-9-11-27-12-10-25/h2-8H,9-14H2,1H3,(H,23,26)/p+1. The van der Waals surface area contributed by atoms with Crippen LogP contribution >= 0.6 is 23.2 Å². The molecule has 2 aromatic rings. The first kappa shape index (κ1) is 20.0. The summed E-state index contributed by atoms with van der Waals surface area (Å²) in [5, 5.41) is 4.20. The fraction of sp³-hybridized carbons (Fsp3) is 0.350. The second kappa shape index (κ2) is 9.42. The number of amides is 1. The number of nitrogens with zero attached hydrogens (tertiary/aromatic N) is 1. The molecule has 0 spiro atoms. The predicted octanol–water partition coefficient (Wildman–Crippen LogP) is 2.48. The van der Waals surface area contributed by atoms with Crippen LogP contribution in [0.3, 0.4) is 0 Å². The molecule has 1 aliphatic rings. The molecule has 2 aromatic carbocycles. The van der Waals surface area contributed by atoms with Gasteiger partial charge in [-0.2, -0.15) is 0 Å². The van der Waals surface area contributed by atoms with E-state index in [4.69, 9.17) is 27.9 Å². The number of carbonyl (C=O) groups is 1. The van der Waals surface area contributed by atoms with E-state index in [9.17, 15) is 4.79 Å². The molecule has 27 heavy (non-hydrogen) atoms. The van der Waals surface area contributed by atoms with Crippen LogP contribution in [0.25, 0.3) is 0 Å². The van der Waals surface area contributed by atoms with Crippen molar-refractivity contribution in [3.05, 3.63) is 58.1 Å². The first-order chi connectivity index (χ1) is 13.0. The van der Waals surface area contributed by atoms with Gasteiger partial charge < -0.3 is 19.9 Å². The Morgan fingerprint density at radius 3 is 2.37 bits per heavy atom. The monoisotopic (exact) mass is 408 g/mol. The number of rotatable bonds is 6. The van der Waals surface area contributed by atoms with E-state index in [1.165, 1.54) is 0 Å². The van der Waals surface area contributed by atoms with Gasteiger partial charge in [-0.25, -0.2) is 0 Å². The van der Waals surface area contributed by atoms with Crippen molar-refractivity contribution in [1.82, 2.24) is 0 Å². The molecule has 1 fully saturated rings.